The third-order valence-corrected chi connectivity index (χ3v) is 24.5. The van der Waals surface area contributed by atoms with Crippen molar-refractivity contribution in [1.82, 2.24) is 0 Å². The molecule has 0 spiro atoms. The Morgan fingerprint density at radius 1 is 0.662 bits per heavy atom. The molecule has 4 aromatic rings. The zero-order chi connectivity index (χ0) is 45.8. The molecule has 0 heterocycles. The molecule has 11 atom stereocenters. The predicted octanol–water partition coefficient (Wildman–Crippen LogP) is 13.4. The van der Waals surface area contributed by atoms with E-state index in [-0.39, 0.29) is 51.0 Å². The number of ether oxygens (including phenoxy) is 2. The fourth-order valence-corrected chi connectivity index (χ4v) is 21.5. The van der Waals surface area contributed by atoms with E-state index in [0.717, 1.165) is 63.1 Å². The minimum Gasteiger partial charge on any atom is -0.462 e. The first-order chi connectivity index (χ1) is 31.1. The van der Waals surface area contributed by atoms with Crippen LogP contribution in [0.15, 0.2) is 121 Å². The lowest BCUT2D eigenvalue weighted by atomic mass is 9.31. The molecule has 1 unspecified atom stereocenters. The van der Waals surface area contributed by atoms with E-state index in [1.807, 2.05) is 18.2 Å². The zero-order valence-corrected chi connectivity index (χ0v) is 41.8. The summed E-state index contributed by atoms with van der Waals surface area (Å²) in [7, 11) is -2.00. The highest BCUT2D eigenvalue weighted by molar-refractivity contribution is 7.95. The van der Waals surface area contributed by atoms with Crippen LogP contribution in [0.1, 0.15) is 132 Å². The summed E-state index contributed by atoms with van der Waals surface area (Å²) in [5.41, 5.74) is 0.907. The van der Waals surface area contributed by atoms with E-state index in [4.69, 9.17) is 9.47 Å². The maximum absolute atomic E-state index is 14.7. The number of fused-ring (bicyclic) bond motifs is 7. The summed E-state index contributed by atoms with van der Waals surface area (Å²) in [6.45, 7) is 19.8. The number of rotatable bonds is 12. The molecule has 5 heteroatoms. The van der Waals surface area contributed by atoms with Gasteiger partial charge in [0.15, 0.2) is 0 Å². The Morgan fingerprint density at radius 2 is 1.23 bits per heavy atom. The number of carbonyl (C=O) groups excluding carboxylic acids is 2. The summed E-state index contributed by atoms with van der Waals surface area (Å²) in [6, 6.07) is 44.2. The monoisotopic (exact) mass is 894 g/mol. The molecule has 0 saturated heterocycles. The Kier molecular flexibility index (Phi) is 12.6. The van der Waals surface area contributed by atoms with Gasteiger partial charge < -0.3 is 9.47 Å². The van der Waals surface area contributed by atoms with Crippen molar-refractivity contribution < 1.29 is 19.1 Å². The van der Waals surface area contributed by atoms with Gasteiger partial charge in [0, 0.05) is 12.3 Å². The smallest absolute Gasteiger partial charge is 0.312 e. The van der Waals surface area contributed by atoms with Gasteiger partial charge in [-0.2, -0.15) is 0 Å². The van der Waals surface area contributed by atoms with Crippen molar-refractivity contribution >= 4 is 35.1 Å². The second kappa shape index (κ2) is 17.7. The van der Waals surface area contributed by atoms with Crippen LogP contribution in [0, 0.1) is 68.5 Å². The van der Waals surface area contributed by atoms with Crippen LogP contribution in [0.4, 0.5) is 0 Å². The summed E-state index contributed by atoms with van der Waals surface area (Å²) < 4.78 is 13.0. The second-order valence-electron chi connectivity index (χ2n) is 23.4. The molecule has 5 aliphatic rings. The topological polar surface area (TPSA) is 52.6 Å². The first-order valence-electron chi connectivity index (χ1n) is 25.6. The van der Waals surface area contributed by atoms with Gasteiger partial charge in [-0.3, -0.25) is 9.59 Å². The molecule has 0 amide bonds. The minimum absolute atomic E-state index is 0.0751. The molecule has 0 radical (unpaired) electrons. The highest BCUT2D eigenvalue weighted by atomic mass is 31.2. The fourth-order valence-electron chi connectivity index (χ4n) is 17.1. The third kappa shape index (κ3) is 7.58. The number of hydrogen-bond acceptors (Lipinski definition) is 4. The molecule has 0 N–H and O–H groups in total. The summed E-state index contributed by atoms with van der Waals surface area (Å²) in [5.74, 6) is 3.17. The van der Waals surface area contributed by atoms with Crippen LogP contribution in [0.2, 0.25) is 0 Å². The first-order valence-corrected chi connectivity index (χ1v) is 27.5. The van der Waals surface area contributed by atoms with Gasteiger partial charge in [-0.25, -0.2) is 0 Å². The average molecular weight is 894 g/mol. The van der Waals surface area contributed by atoms with E-state index < -0.39 is 7.26 Å². The van der Waals surface area contributed by atoms with Crippen LogP contribution in [0.25, 0.3) is 0 Å². The van der Waals surface area contributed by atoms with E-state index in [0.29, 0.717) is 42.1 Å². The van der Waals surface area contributed by atoms with Crippen molar-refractivity contribution in [3.05, 3.63) is 127 Å². The zero-order valence-electron chi connectivity index (χ0n) is 40.9. The van der Waals surface area contributed by atoms with Crippen molar-refractivity contribution in [2.45, 2.75) is 139 Å². The summed E-state index contributed by atoms with van der Waals surface area (Å²) >= 11 is 0. The average Bonchev–Trinajstić information content (AvgIpc) is 3.71. The second-order valence-corrected chi connectivity index (χ2v) is 27.0. The summed E-state index contributed by atoms with van der Waals surface area (Å²) in [4.78, 5) is 27.8. The van der Waals surface area contributed by atoms with Crippen LogP contribution in [-0.4, -0.2) is 24.2 Å². The molecule has 9 rings (SSSR count). The molecular formula is C60H78O4P+. The van der Waals surface area contributed by atoms with Gasteiger partial charge in [-0.15, -0.1) is 0 Å². The molecule has 0 aliphatic heterocycles. The van der Waals surface area contributed by atoms with Gasteiger partial charge in [0.05, 0.1) is 11.6 Å². The third-order valence-electron chi connectivity index (χ3n) is 19.9. The highest BCUT2D eigenvalue weighted by Gasteiger charge is 2.73. The van der Waals surface area contributed by atoms with Crippen LogP contribution in [0.3, 0.4) is 0 Å². The molecule has 5 aliphatic carbocycles. The maximum Gasteiger partial charge on any atom is 0.312 e. The standard InChI is InChI=1S/C60H78O4P/c1-42(2)49-33-36-60(55(62)63-41-44-22-13-9-14-23-44)38-37-58(7)50(53(49)60)31-32-52-57(6)40-45(54(64-43(3)61)56(4,5)51(57)34-35-59(52,58)8)24-21-39-65(46-25-15-10-16-26-46,47-27-17-11-18-28-47)48-29-19-12-20-30-48/h9-20,22-23,25-30,42,45,49-54H,21,24,31-41H2,1-8H3/q+1/t45?,49-,50+,51-,52+,53+,54-,57-,58+,59+,60-/m0/s1. The Bertz CT molecular complexity index is 2180. The molecule has 0 aromatic heterocycles. The number of hydrogen-bond donors (Lipinski definition) is 0. The molecule has 4 aromatic carbocycles. The summed E-state index contributed by atoms with van der Waals surface area (Å²) in [6.07, 6.45) is 13.1. The van der Waals surface area contributed by atoms with Crippen LogP contribution >= 0.6 is 7.26 Å². The molecule has 5 fully saturated rings. The SMILES string of the molecule is CC(=O)O[C@H]1C(CCC[P+](c2ccccc2)(c2ccccc2)c2ccccc2)C[C@]2(C)[C@H]3CC[C@@H]4[C@H]5[C@H](C(C)C)CC[C@]5(C(=O)OCc5ccccc5)CC[C@@]4(C)[C@]3(C)CC[C@H]2C1(C)C. The van der Waals surface area contributed by atoms with Gasteiger partial charge in [-0.05, 0) is 170 Å². The molecule has 4 nitrogen and oxygen atoms in total. The largest absolute Gasteiger partial charge is 0.462 e. The van der Waals surface area contributed by atoms with Crippen molar-refractivity contribution in [1.29, 1.82) is 0 Å². The van der Waals surface area contributed by atoms with E-state index >= 15 is 0 Å². The van der Waals surface area contributed by atoms with E-state index in [9.17, 15) is 9.59 Å². The van der Waals surface area contributed by atoms with Gasteiger partial charge >= 0.3 is 11.9 Å². The van der Waals surface area contributed by atoms with Crippen molar-refractivity contribution in [2.24, 2.45) is 68.5 Å². The van der Waals surface area contributed by atoms with Crippen LogP contribution in [-0.2, 0) is 25.7 Å². The predicted molar refractivity (Wildman–Crippen MR) is 269 cm³/mol. The molecule has 346 valence electrons. The molecule has 65 heavy (non-hydrogen) atoms. The Labute approximate surface area is 392 Å². The van der Waals surface area contributed by atoms with Crippen LogP contribution < -0.4 is 15.9 Å². The Hall–Kier alpha value is -3.75. The Morgan fingerprint density at radius 3 is 1.78 bits per heavy atom. The lowest BCUT2D eigenvalue weighted by molar-refractivity contribution is -0.261. The normalized spacial score (nSPS) is 34.9. The van der Waals surface area contributed by atoms with E-state index in [1.54, 1.807) is 6.92 Å². The van der Waals surface area contributed by atoms with Gasteiger partial charge in [0.1, 0.15) is 35.9 Å². The maximum atomic E-state index is 14.7. The van der Waals surface area contributed by atoms with Crippen molar-refractivity contribution in [3.63, 3.8) is 0 Å². The van der Waals surface area contributed by atoms with Crippen molar-refractivity contribution in [3.8, 4) is 0 Å². The van der Waals surface area contributed by atoms with Gasteiger partial charge in [0.2, 0.25) is 0 Å². The number of esters is 2. The minimum atomic E-state index is -2.00. The van der Waals surface area contributed by atoms with Gasteiger partial charge in [-0.1, -0.05) is 133 Å². The fraction of sp³-hybridized carbons (Fsp3) is 0.567. The molecule has 0 bridgehead atoms. The quantitative estimate of drug-likeness (QED) is 0.105. The van der Waals surface area contributed by atoms with E-state index in [1.165, 1.54) is 35.2 Å². The lowest BCUT2D eigenvalue weighted by Crippen LogP contribution is -2.68. The number of carbonyl (C=O) groups is 2. The first kappa shape index (κ1) is 46.4. The molecule has 5 saturated carbocycles. The van der Waals surface area contributed by atoms with Crippen LogP contribution in [0.5, 0.6) is 0 Å². The highest BCUT2D eigenvalue weighted by Crippen LogP contribution is 2.78. The van der Waals surface area contributed by atoms with Crippen molar-refractivity contribution in [2.75, 3.05) is 6.16 Å². The van der Waals surface area contributed by atoms with Gasteiger partial charge in [0.25, 0.3) is 0 Å². The molecular weight excluding hydrogens is 816 g/mol. The Balaban J connectivity index is 1.03. The lowest BCUT2D eigenvalue weighted by Gasteiger charge is -2.73. The summed E-state index contributed by atoms with van der Waals surface area (Å²) in [5, 5.41) is 4.29. The number of benzene rings is 4. The van der Waals surface area contributed by atoms with E-state index in [2.05, 4.69) is 152 Å².